The Labute approximate surface area is 132 Å². The summed E-state index contributed by atoms with van der Waals surface area (Å²) in [6.07, 6.45) is 3.60. The molecule has 0 atom stereocenters. The average Bonchev–Trinajstić information content (AvgIpc) is 2.54. The van der Waals surface area contributed by atoms with Crippen molar-refractivity contribution in [2.24, 2.45) is 0 Å². The molecule has 3 aromatic rings. The molecule has 1 aromatic heterocycles. The number of carbonyl (C=O) groups is 1. The molecule has 5 heteroatoms. The van der Waals surface area contributed by atoms with E-state index >= 15 is 0 Å². The van der Waals surface area contributed by atoms with E-state index in [-0.39, 0.29) is 11.5 Å². The van der Waals surface area contributed by atoms with Crippen LogP contribution in [0.5, 0.6) is 0 Å². The third-order valence-corrected chi connectivity index (χ3v) is 3.30. The Morgan fingerprint density at radius 3 is 2.57 bits per heavy atom. The molecule has 5 nitrogen and oxygen atoms in total. The van der Waals surface area contributed by atoms with E-state index in [2.05, 4.69) is 15.3 Å². The lowest BCUT2D eigenvalue weighted by Crippen LogP contribution is -2.09. The summed E-state index contributed by atoms with van der Waals surface area (Å²) in [6.45, 7) is 1.47. The molecule has 0 bridgehead atoms. The molecular weight excluding hydrogens is 290 g/mol. The molecule has 2 aromatic carbocycles. The maximum atomic E-state index is 12.0. The minimum Gasteiger partial charge on any atom is -0.326 e. The SMILES string of the molecule is CC(=O)Nc1ccc(/C=C/c2nc3ccccc3c(=O)[nH]2)cc1. The summed E-state index contributed by atoms with van der Waals surface area (Å²) in [6, 6.07) is 14.6. The molecule has 114 valence electrons. The molecule has 0 fully saturated rings. The molecule has 0 unspecified atom stereocenters. The molecule has 0 saturated carbocycles. The number of aromatic nitrogens is 2. The highest BCUT2D eigenvalue weighted by molar-refractivity contribution is 5.88. The van der Waals surface area contributed by atoms with Crippen molar-refractivity contribution >= 4 is 34.6 Å². The number of nitrogens with zero attached hydrogens (tertiary/aromatic N) is 1. The van der Waals surface area contributed by atoms with Crippen LogP contribution >= 0.6 is 0 Å². The highest BCUT2D eigenvalue weighted by atomic mass is 16.1. The molecule has 0 saturated heterocycles. The number of benzene rings is 2. The number of fused-ring (bicyclic) bond motifs is 1. The molecule has 2 N–H and O–H groups in total. The molecule has 0 aliphatic rings. The van der Waals surface area contributed by atoms with Crippen LogP contribution in [0.2, 0.25) is 0 Å². The van der Waals surface area contributed by atoms with E-state index in [9.17, 15) is 9.59 Å². The second kappa shape index (κ2) is 6.27. The lowest BCUT2D eigenvalue weighted by atomic mass is 10.2. The fourth-order valence-corrected chi connectivity index (χ4v) is 2.24. The second-order valence-corrected chi connectivity index (χ2v) is 5.10. The van der Waals surface area contributed by atoms with Crippen LogP contribution in [0.3, 0.4) is 0 Å². The van der Waals surface area contributed by atoms with E-state index in [1.165, 1.54) is 6.92 Å². The predicted molar refractivity (Wildman–Crippen MR) is 92.0 cm³/mol. The average molecular weight is 305 g/mol. The van der Waals surface area contributed by atoms with E-state index in [0.29, 0.717) is 16.7 Å². The van der Waals surface area contributed by atoms with Gasteiger partial charge in [0.05, 0.1) is 10.9 Å². The van der Waals surface area contributed by atoms with Crippen molar-refractivity contribution in [1.29, 1.82) is 0 Å². The Morgan fingerprint density at radius 2 is 1.83 bits per heavy atom. The van der Waals surface area contributed by atoms with Gasteiger partial charge in [0.2, 0.25) is 5.91 Å². The third-order valence-electron chi connectivity index (χ3n) is 3.30. The minimum absolute atomic E-state index is 0.105. The van der Waals surface area contributed by atoms with Gasteiger partial charge in [-0.3, -0.25) is 9.59 Å². The maximum Gasteiger partial charge on any atom is 0.259 e. The first-order valence-corrected chi connectivity index (χ1v) is 7.16. The van der Waals surface area contributed by atoms with Gasteiger partial charge < -0.3 is 10.3 Å². The summed E-state index contributed by atoms with van der Waals surface area (Å²) >= 11 is 0. The Hall–Kier alpha value is -3.21. The van der Waals surface area contributed by atoms with Gasteiger partial charge in [-0.1, -0.05) is 30.3 Å². The molecular formula is C18H15N3O2. The van der Waals surface area contributed by atoms with E-state index in [4.69, 9.17) is 0 Å². The zero-order valence-corrected chi connectivity index (χ0v) is 12.5. The molecule has 23 heavy (non-hydrogen) atoms. The van der Waals surface area contributed by atoms with Gasteiger partial charge in [-0.2, -0.15) is 0 Å². The monoisotopic (exact) mass is 305 g/mol. The number of anilines is 1. The predicted octanol–water partition coefficient (Wildman–Crippen LogP) is 3.05. The van der Waals surface area contributed by atoms with Gasteiger partial charge >= 0.3 is 0 Å². The van der Waals surface area contributed by atoms with Crippen LogP contribution in [0.1, 0.15) is 18.3 Å². The van der Waals surface area contributed by atoms with Gasteiger partial charge in [0.25, 0.3) is 5.56 Å². The fraction of sp³-hybridized carbons (Fsp3) is 0.0556. The van der Waals surface area contributed by atoms with Gasteiger partial charge in [0.1, 0.15) is 5.82 Å². The van der Waals surface area contributed by atoms with Gasteiger partial charge in [-0.05, 0) is 35.9 Å². The van der Waals surface area contributed by atoms with Crippen molar-refractivity contribution in [3.63, 3.8) is 0 Å². The van der Waals surface area contributed by atoms with Crippen molar-refractivity contribution in [3.05, 3.63) is 70.3 Å². The topological polar surface area (TPSA) is 74.8 Å². The van der Waals surface area contributed by atoms with Gasteiger partial charge in [0.15, 0.2) is 0 Å². The number of amides is 1. The van der Waals surface area contributed by atoms with Crippen LogP contribution in [0, 0.1) is 0 Å². The standard InChI is InChI=1S/C18H15N3O2/c1-12(22)19-14-9-6-13(7-10-14)8-11-17-20-16-5-3-2-4-15(16)18(23)21-17/h2-11H,1H3,(H,19,22)(H,20,21,23)/b11-8+. The first-order chi connectivity index (χ1) is 11.1. The smallest absolute Gasteiger partial charge is 0.259 e. The van der Waals surface area contributed by atoms with Crippen molar-refractivity contribution in [2.45, 2.75) is 6.92 Å². The Morgan fingerprint density at radius 1 is 1.09 bits per heavy atom. The molecule has 0 aliphatic heterocycles. The molecule has 0 spiro atoms. The molecule has 3 rings (SSSR count). The number of H-pyrrole nitrogens is 1. The van der Waals surface area contributed by atoms with Crippen LogP contribution < -0.4 is 10.9 Å². The number of nitrogens with one attached hydrogen (secondary N) is 2. The van der Waals surface area contributed by atoms with Crippen molar-refractivity contribution in [2.75, 3.05) is 5.32 Å². The van der Waals surface area contributed by atoms with E-state index in [1.807, 2.05) is 48.5 Å². The van der Waals surface area contributed by atoms with Crippen molar-refractivity contribution in [1.82, 2.24) is 9.97 Å². The Kier molecular flexibility index (Phi) is 4.01. The quantitative estimate of drug-likeness (QED) is 0.781. The van der Waals surface area contributed by atoms with Crippen molar-refractivity contribution < 1.29 is 4.79 Å². The van der Waals surface area contributed by atoms with Crippen LogP contribution in [-0.2, 0) is 4.79 Å². The third kappa shape index (κ3) is 3.52. The van der Waals surface area contributed by atoms with Crippen LogP contribution in [0.15, 0.2) is 53.3 Å². The molecule has 0 aliphatic carbocycles. The Balaban J connectivity index is 1.85. The number of hydrogen-bond acceptors (Lipinski definition) is 3. The summed E-state index contributed by atoms with van der Waals surface area (Å²) in [4.78, 5) is 30.1. The van der Waals surface area contributed by atoms with Gasteiger partial charge in [-0.15, -0.1) is 0 Å². The van der Waals surface area contributed by atoms with E-state index < -0.39 is 0 Å². The fourth-order valence-electron chi connectivity index (χ4n) is 2.24. The maximum absolute atomic E-state index is 12.0. The number of rotatable bonds is 3. The summed E-state index contributed by atoms with van der Waals surface area (Å²) in [5, 5.41) is 3.28. The lowest BCUT2D eigenvalue weighted by Gasteiger charge is -2.02. The first kappa shape index (κ1) is 14.7. The van der Waals surface area contributed by atoms with Crippen LogP contribution in [0.4, 0.5) is 5.69 Å². The summed E-state index contributed by atoms with van der Waals surface area (Å²) in [7, 11) is 0. The second-order valence-electron chi connectivity index (χ2n) is 5.10. The van der Waals surface area contributed by atoms with Crippen LogP contribution in [-0.4, -0.2) is 15.9 Å². The van der Waals surface area contributed by atoms with Gasteiger partial charge in [0, 0.05) is 12.6 Å². The van der Waals surface area contributed by atoms with E-state index in [1.54, 1.807) is 12.1 Å². The normalized spacial score (nSPS) is 11.0. The number of para-hydroxylation sites is 1. The van der Waals surface area contributed by atoms with Crippen molar-refractivity contribution in [3.8, 4) is 0 Å². The number of carbonyl (C=O) groups excluding carboxylic acids is 1. The van der Waals surface area contributed by atoms with Crippen LogP contribution in [0.25, 0.3) is 23.1 Å². The largest absolute Gasteiger partial charge is 0.326 e. The zero-order chi connectivity index (χ0) is 16.2. The Bertz CT molecular complexity index is 940. The summed E-state index contributed by atoms with van der Waals surface area (Å²) in [5.74, 6) is 0.394. The number of hydrogen-bond donors (Lipinski definition) is 2. The number of aromatic amines is 1. The molecule has 1 amide bonds. The van der Waals surface area contributed by atoms with Gasteiger partial charge in [-0.25, -0.2) is 4.98 Å². The zero-order valence-electron chi connectivity index (χ0n) is 12.5. The highest BCUT2D eigenvalue weighted by Gasteiger charge is 2.00. The first-order valence-electron chi connectivity index (χ1n) is 7.16. The summed E-state index contributed by atoms with van der Waals surface area (Å²) in [5.41, 5.74) is 2.19. The minimum atomic E-state index is -0.156. The molecule has 1 heterocycles. The summed E-state index contributed by atoms with van der Waals surface area (Å²) < 4.78 is 0. The molecule has 0 radical (unpaired) electrons. The highest BCUT2D eigenvalue weighted by Crippen LogP contribution is 2.12. The van der Waals surface area contributed by atoms with E-state index in [0.717, 1.165) is 11.3 Å². The lowest BCUT2D eigenvalue weighted by molar-refractivity contribution is -0.114.